The van der Waals surface area contributed by atoms with Crippen LogP contribution in [0.3, 0.4) is 0 Å². The molecular formula is C54H79N7O8. The van der Waals surface area contributed by atoms with Crippen LogP contribution in [-0.2, 0) is 53.0 Å². The van der Waals surface area contributed by atoms with Gasteiger partial charge in [-0.1, -0.05) is 128 Å². The molecular weight excluding hydrogens is 875 g/mol. The Balaban J connectivity index is 1.45. The van der Waals surface area contributed by atoms with E-state index in [4.69, 9.17) is 19.2 Å². The summed E-state index contributed by atoms with van der Waals surface area (Å²) in [5, 5.41) is 8.70. The van der Waals surface area contributed by atoms with Gasteiger partial charge in [0.2, 0.25) is 23.6 Å². The Morgan fingerprint density at radius 1 is 0.797 bits per heavy atom. The van der Waals surface area contributed by atoms with Crippen molar-refractivity contribution in [2.45, 2.75) is 130 Å². The largest absolute Gasteiger partial charge is 0.445 e. The molecule has 378 valence electrons. The number of likely N-dealkylation sites (N-methyl/N-ethyl adjacent to an activating group) is 1. The van der Waals surface area contributed by atoms with E-state index in [9.17, 15) is 24.0 Å². The first kappa shape index (κ1) is 55.8. The Bertz CT molecular complexity index is 2110. The van der Waals surface area contributed by atoms with Crippen molar-refractivity contribution >= 4 is 41.2 Å². The maximum Gasteiger partial charge on any atom is 0.407 e. The number of ether oxygens (including phenoxy) is 3. The van der Waals surface area contributed by atoms with E-state index in [2.05, 4.69) is 43.6 Å². The van der Waals surface area contributed by atoms with Gasteiger partial charge in [-0.3, -0.25) is 24.2 Å². The van der Waals surface area contributed by atoms with E-state index in [1.165, 1.54) is 0 Å². The molecule has 0 aliphatic carbocycles. The molecule has 1 fully saturated rings. The minimum Gasteiger partial charge on any atom is -0.445 e. The van der Waals surface area contributed by atoms with Crippen LogP contribution in [0.1, 0.15) is 90.8 Å². The summed E-state index contributed by atoms with van der Waals surface area (Å²) in [5.74, 6) is -0.903. The first-order valence-corrected chi connectivity index (χ1v) is 24.5. The van der Waals surface area contributed by atoms with Crippen LogP contribution >= 0.6 is 0 Å². The molecule has 3 aromatic carbocycles. The minimum atomic E-state index is -0.942. The summed E-state index contributed by atoms with van der Waals surface area (Å²) >= 11 is 0. The molecule has 8 atom stereocenters. The average Bonchev–Trinajstić information content (AvgIpc) is 3.82. The van der Waals surface area contributed by atoms with Gasteiger partial charge < -0.3 is 44.9 Å². The van der Waals surface area contributed by atoms with Crippen LogP contribution in [0.5, 0.6) is 0 Å². The lowest BCUT2D eigenvalue weighted by Crippen LogP contribution is -2.55. The van der Waals surface area contributed by atoms with Crippen LogP contribution in [0.25, 0.3) is 0 Å². The number of benzene rings is 3. The Morgan fingerprint density at radius 3 is 1.97 bits per heavy atom. The molecule has 15 nitrogen and oxygen atoms in total. The lowest BCUT2D eigenvalue weighted by Gasteiger charge is -2.40. The van der Waals surface area contributed by atoms with Gasteiger partial charge in [-0.2, -0.15) is 0 Å². The number of likely N-dealkylation sites (tertiary alicyclic amines) is 1. The summed E-state index contributed by atoms with van der Waals surface area (Å²) in [6.07, 6.45) is 0.528. The van der Waals surface area contributed by atoms with Crippen LogP contribution < -0.4 is 16.0 Å². The standard InChI is InChI=1S/C54H79N7O8/c1-13-37(6)48(60(10)53(65)47(35(2)3)58-50(36(4)5)59(8)9)45(67-11)32-46(62)61-30-20-25-44(61)49(68-12)38(7)51(63)57-43(31-39-21-16-14-17-22-39)52(64)56-42-28-26-40(27-29-42)33-55-54(66)69-34-41-23-18-15-19-24-41/h14-19,21-24,26-29,35-38,43-45,47-49H,13,20,25,30-34H2,1-12H3,(H,55,66)(H,56,64)(H,57,63)/t37-,38+,43-,44-,45+,47-,48-,49+/m0/s1. The van der Waals surface area contributed by atoms with Crippen LogP contribution in [0.15, 0.2) is 89.9 Å². The third kappa shape index (κ3) is 16.1. The molecule has 0 bridgehead atoms. The number of carbonyl (C=O) groups is 5. The van der Waals surface area contributed by atoms with Gasteiger partial charge >= 0.3 is 6.09 Å². The smallest absolute Gasteiger partial charge is 0.407 e. The Morgan fingerprint density at radius 2 is 1.42 bits per heavy atom. The number of hydrogen-bond acceptors (Lipinski definition) is 9. The van der Waals surface area contributed by atoms with E-state index >= 15 is 0 Å². The average molecular weight is 954 g/mol. The maximum atomic E-state index is 14.5. The number of hydrogen-bond donors (Lipinski definition) is 3. The SMILES string of the molecule is CC[C@H](C)[C@@H]([C@@H](CC(=O)N1CCC[C@H]1[C@H](OC)[C@@H](C)C(=O)N[C@@H](Cc1ccccc1)C(=O)Nc1ccc(CNC(=O)OCc2ccccc2)cc1)OC)N(C)C(=O)[C@@H](N=C(C(C)C)N(C)C)C(C)C. The zero-order valence-electron chi connectivity index (χ0n) is 43.1. The topological polar surface area (TPSA) is 171 Å². The highest BCUT2D eigenvalue weighted by Crippen LogP contribution is 2.30. The van der Waals surface area contributed by atoms with E-state index in [0.29, 0.717) is 18.7 Å². The number of nitrogens with one attached hydrogen (secondary N) is 3. The molecule has 15 heteroatoms. The third-order valence-electron chi connectivity index (χ3n) is 13.2. The summed E-state index contributed by atoms with van der Waals surface area (Å²) < 4.78 is 17.5. The molecule has 0 radical (unpaired) electrons. The molecule has 3 N–H and O–H groups in total. The highest BCUT2D eigenvalue weighted by Gasteiger charge is 2.43. The number of amides is 5. The van der Waals surface area contributed by atoms with Crippen molar-refractivity contribution in [2.75, 3.05) is 47.2 Å². The minimum absolute atomic E-state index is 0.00225. The van der Waals surface area contributed by atoms with Gasteiger partial charge in [0.1, 0.15) is 24.5 Å². The Kier molecular flexibility index (Phi) is 22.2. The first-order valence-electron chi connectivity index (χ1n) is 24.5. The molecule has 5 amide bonds. The van der Waals surface area contributed by atoms with E-state index in [0.717, 1.165) is 35.4 Å². The molecule has 1 saturated heterocycles. The lowest BCUT2D eigenvalue weighted by atomic mass is 9.89. The zero-order valence-corrected chi connectivity index (χ0v) is 43.1. The first-order chi connectivity index (χ1) is 32.9. The van der Waals surface area contributed by atoms with Crippen molar-refractivity contribution in [3.63, 3.8) is 0 Å². The summed E-state index contributed by atoms with van der Waals surface area (Å²) in [6, 6.07) is 23.6. The molecule has 1 aliphatic rings. The highest BCUT2D eigenvalue weighted by molar-refractivity contribution is 5.97. The molecule has 4 rings (SSSR count). The van der Waals surface area contributed by atoms with Crippen molar-refractivity contribution in [3.8, 4) is 0 Å². The summed E-state index contributed by atoms with van der Waals surface area (Å²) in [4.78, 5) is 79.9. The van der Waals surface area contributed by atoms with Crippen LogP contribution in [0.2, 0.25) is 0 Å². The molecule has 3 aromatic rings. The molecule has 69 heavy (non-hydrogen) atoms. The van der Waals surface area contributed by atoms with Gasteiger partial charge in [-0.25, -0.2) is 4.79 Å². The van der Waals surface area contributed by atoms with Gasteiger partial charge in [-0.05, 0) is 53.5 Å². The van der Waals surface area contributed by atoms with Crippen LogP contribution in [0.4, 0.5) is 10.5 Å². The van der Waals surface area contributed by atoms with Gasteiger partial charge in [0.25, 0.3) is 0 Å². The molecule has 1 heterocycles. The van der Waals surface area contributed by atoms with Crippen molar-refractivity contribution in [2.24, 2.45) is 28.7 Å². The van der Waals surface area contributed by atoms with Gasteiger partial charge in [-0.15, -0.1) is 0 Å². The second-order valence-electron chi connectivity index (χ2n) is 19.2. The molecule has 1 aliphatic heterocycles. The third-order valence-corrected chi connectivity index (χ3v) is 13.2. The quantitative estimate of drug-likeness (QED) is 0.0614. The number of carbonyl (C=O) groups excluding carboxylic acids is 5. The number of nitrogens with zero attached hydrogens (tertiary/aromatic N) is 4. The predicted octanol–water partition coefficient (Wildman–Crippen LogP) is 7.34. The lowest BCUT2D eigenvalue weighted by molar-refractivity contribution is -0.146. The summed E-state index contributed by atoms with van der Waals surface area (Å²) in [5.41, 5.74) is 3.06. The second kappa shape index (κ2) is 27.4. The van der Waals surface area contributed by atoms with Gasteiger partial charge in [0.05, 0.1) is 36.6 Å². The summed E-state index contributed by atoms with van der Waals surface area (Å²) in [7, 11) is 8.80. The van der Waals surface area contributed by atoms with E-state index in [-0.39, 0.29) is 61.5 Å². The van der Waals surface area contributed by atoms with E-state index < -0.39 is 54.3 Å². The van der Waals surface area contributed by atoms with Crippen LogP contribution in [0, 0.1) is 23.7 Å². The Labute approximate surface area is 411 Å². The van der Waals surface area contributed by atoms with Gasteiger partial charge in [0.15, 0.2) is 0 Å². The molecule has 0 unspecified atom stereocenters. The number of amidine groups is 1. The maximum absolute atomic E-state index is 14.5. The highest BCUT2D eigenvalue weighted by atomic mass is 16.5. The zero-order chi connectivity index (χ0) is 50.8. The van der Waals surface area contributed by atoms with Crippen molar-refractivity contribution in [1.82, 2.24) is 25.3 Å². The number of alkyl carbamates (subject to hydrolysis) is 1. The molecule has 0 saturated carbocycles. The number of rotatable bonds is 24. The van der Waals surface area contributed by atoms with E-state index in [1.54, 1.807) is 62.3 Å². The van der Waals surface area contributed by atoms with Crippen molar-refractivity contribution < 1.29 is 38.2 Å². The van der Waals surface area contributed by atoms with Crippen molar-refractivity contribution in [3.05, 3.63) is 102 Å². The van der Waals surface area contributed by atoms with Gasteiger partial charge in [0, 0.05) is 66.5 Å². The summed E-state index contributed by atoms with van der Waals surface area (Å²) in [6.45, 7) is 14.9. The fourth-order valence-corrected chi connectivity index (χ4v) is 9.17. The second-order valence-corrected chi connectivity index (χ2v) is 19.2. The number of methoxy groups -OCH3 is 2. The Hall–Kier alpha value is -5.80. The number of anilines is 1. The fraction of sp³-hybridized carbons (Fsp3) is 0.556. The molecule has 0 aromatic heterocycles. The monoisotopic (exact) mass is 954 g/mol. The van der Waals surface area contributed by atoms with Crippen molar-refractivity contribution in [1.29, 1.82) is 0 Å². The number of aliphatic imine (C=N–C) groups is 1. The predicted molar refractivity (Wildman–Crippen MR) is 271 cm³/mol. The van der Waals surface area contributed by atoms with E-state index in [1.807, 2.05) is 93.5 Å². The molecule has 0 spiro atoms. The fourth-order valence-electron chi connectivity index (χ4n) is 9.17. The van der Waals surface area contributed by atoms with Crippen LogP contribution in [-0.4, -0.2) is 129 Å². The normalized spacial score (nSPS) is 17.0.